The normalized spacial score (nSPS) is 10.9. The van der Waals surface area contributed by atoms with Crippen molar-refractivity contribution in [2.75, 3.05) is 0 Å². The molecule has 1 N–H and O–H groups in total. The van der Waals surface area contributed by atoms with E-state index in [0.29, 0.717) is 17.2 Å². The van der Waals surface area contributed by atoms with Gasteiger partial charge in [-0.05, 0) is 45.9 Å². The van der Waals surface area contributed by atoms with E-state index < -0.39 is 10.8 Å². The second kappa shape index (κ2) is 8.05. The van der Waals surface area contributed by atoms with Crippen LogP contribution in [0, 0.1) is 49.1 Å². The van der Waals surface area contributed by atoms with Crippen LogP contribution in [0.5, 0.6) is 0 Å². The molecule has 152 valence electrons. The van der Waals surface area contributed by atoms with Gasteiger partial charge in [-0.2, -0.15) is 10.4 Å². The lowest BCUT2D eigenvalue weighted by Gasteiger charge is -2.06. The van der Waals surface area contributed by atoms with Crippen molar-refractivity contribution in [1.29, 1.82) is 5.26 Å². The van der Waals surface area contributed by atoms with Gasteiger partial charge in [-0.1, -0.05) is 0 Å². The number of non-ortho nitro benzene ring substituents is 1. The van der Waals surface area contributed by atoms with Gasteiger partial charge in [0.25, 0.3) is 11.6 Å². The zero-order valence-corrected chi connectivity index (χ0v) is 16.9. The van der Waals surface area contributed by atoms with Gasteiger partial charge in [-0.25, -0.2) is 5.43 Å². The van der Waals surface area contributed by atoms with Crippen LogP contribution in [-0.2, 0) is 0 Å². The summed E-state index contributed by atoms with van der Waals surface area (Å²) < 4.78 is 7.63. The van der Waals surface area contributed by atoms with Gasteiger partial charge >= 0.3 is 0 Å². The first kappa shape index (κ1) is 20.5. The maximum Gasteiger partial charge on any atom is 0.271 e. The molecule has 0 bridgehead atoms. The highest BCUT2D eigenvalue weighted by molar-refractivity contribution is 5.95. The maximum absolute atomic E-state index is 12.2. The Balaban J connectivity index is 1.81. The number of aromatic nitrogens is 1. The number of carbonyl (C=O) groups excluding carboxylic acids is 1. The minimum absolute atomic E-state index is 0.0948. The van der Waals surface area contributed by atoms with Crippen LogP contribution in [0.3, 0.4) is 0 Å². The molecule has 0 radical (unpaired) electrons. The van der Waals surface area contributed by atoms with Gasteiger partial charge in [-0.15, -0.1) is 0 Å². The quantitative estimate of drug-likeness (QED) is 0.392. The molecule has 0 unspecified atom stereocenters. The predicted octanol–water partition coefficient (Wildman–Crippen LogP) is 3.85. The summed E-state index contributed by atoms with van der Waals surface area (Å²) in [6.07, 6.45) is 1.50. The summed E-state index contributed by atoms with van der Waals surface area (Å²) >= 11 is 0. The number of amides is 1. The number of nitro benzene ring substituents is 1. The van der Waals surface area contributed by atoms with Crippen molar-refractivity contribution in [3.05, 3.63) is 79.8 Å². The number of benzene rings is 1. The van der Waals surface area contributed by atoms with E-state index in [9.17, 15) is 20.2 Å². The number of nitro groups is 1. The van der Waals surface area contributed by atoms with Gasteiger partial charge in [0.05, 0.1) is 11.1 Å². The molecule has 3 rings (SSSR count). The van der Waals surface area contributed by atoms with E-state index in [1.807, 2.05) is 38.3 Å². The predicted molar refractivity (Wildman–Crippen MR) is 110 cm³/mol. The van der Waals surface area contributed by atoms with Gasteiger partial charge in [0.1, 0.15) is 17.4 Å². The van der Waals surface area contributed by atoms with E-state index in [0.717, 1.165) is 22.5 Å². The fourth-order valence-electron chi connectivity index (χ4n) is 3.09. The molecular formula is C21H19N5O4. The standard InChI is InChI=1S/C21H19N5O4/c1-12-9-17(14(3)25(12)21-19(10-22)13(2)15(4)30-21)11-23-24-20(27)16-5-7-18(8-6-16)26(28)29/h5-9,11H,1-4H3,(H,24,27)/b23-11+. The molecule has 0 aliphatic rings. The number of nitriles is 1. The Morgan fingerprint density at radius 1 is 1.27 bits per heavy atom. The van der Waals surface area contributed by atoms with Crippen LogP contribution in [0.15, 0.2) is 39.9 Å². The van der Waals surface area contributed by atoms with Gasteiger partial charge in [0, 0.05) is 40.2 Å². The molecule has 0 saturated carbocycles. The SMILES string of the molecule is Cc1oc(-n2c(C)cc(/C=N/NC(=O)c3ccc([N+](=O)[O-])cc3)c2C)c(C#N)c1C. The summed E-state index contributed by atoms with van der Waals surface area (Å²) in [5.74, 6) is 0.649. The van der Waals surface area contributed by atoms with Gasteiger partial charge in [0.2, 0.25) is 5.88 Å². The van der Waals surface area contributed by atoms with Crippen molar-refractivity contribution in [2.24, 2.45) is 5.10 Å². The Kier molecular flexibility index (Phi) is 5.51. The molecule has 0 fully saturated rings. The van der Waals surface area contributed by atoms with E-state index in [-0.39, 0.29) is 11.3 Å². The first-order valence-corrected chi connectivity index (χ1v) is 9.01. The molecule has 3 aromatic rings. The Hall–Kier alpha value is -4.19. The number of nitrogens with zero attached hydrogens (tertiary/aromatic N) is 4. The van der Waals surface area contributed by atoms with Gasteiger partial charge < -0.3 is 4.42 Å². The van der Waals surface area contributed by atoms with Crippen molar-refractivity contribution >= 4 is 17.8 Å². The molecule has 0 spiro atoms. The number of rotatable bonds is 5. The molecule has 30 heavy (non-hydrogen) atoms. The second-order valence-electron chi connectivity index (χ2n) is 6.74. The van der Waals surface area contributed by atoms with E-state index in [2.05, 4.69) is 16.6 Å². The summed E-state index contributed by atoms with van der Waals surface area (Å²) in [6.45, 7) is 7.39. The number of nitrogens with one attached hydrogen (secondary N) is 1. The van der Waals surface area contributed by atoms with Crippen LogP contribution < -0.4 is 5.43 Å². The lowest BCUT2D eigenvalue weighted by molar-refractivity contribution is -0.384. The van der Waals surface area contributed by atoms with Crippen LogP contribution in [-0.4, -0.2) is 21.6 Å². The van der Waals surface area contributed by atoms with E-state index in [1.165, 1.54) is 30.5 Å². The molecule has 2 heterocycles. The topological polar surface area (TPSA) is 126 Å². The molecule has 1 aromatic carbocycles. The Morgan fingerprint density at radius 3 is 2.53 bits per heavy atom. The Bertz CT molecular complexity index is 1210. The summed E-state index contributed by atoms with van der Waals surface area (Å²) in [5.41, 5.74) is 6.22. The third kappa shape index (κ3) is 3.71. The summed E-state index contributed by atoms with van der Waals surface area (Å²) in [7, 11) is 0. The molecule has 0 saturated heterocycles. The molecule has 2 aromatic heterocycles. The monoisotopic (exact) mass is 405 g/mol. The van der Waals surface area contributed by atoms with Gasteiger partial charge in [0.15, 0.2) is 0 Å². The molecule has 9 heteroatoms. The second-order valence-corrected chi connectivity index (χ2v) is 6.74. The van der Waals surface area contributed by atoms with E-state index in [1.54, 1.807) is 0 Å². The molecular weight excluding hydrogens is 386 g/mol. The lowest BCUT2D eigenvalue weighted by Crippen LogP contribution is -2.17. The van der Waals surface area contributed by atoms with E-state index in [4.69, 9.17) is 4.42 Å². The van der Waals surface area contributed by atoms with E-state index >= 15 is 0 Å². The van der Waals surface area contributed by atoms with Crippen LogP contribution in [0.4, 0.5) is 5.69 Å². The maximum atomic E-state index is 12.2. The zero-order chi connectivity index (χ0) is 22.0. The number of hydrazone groups is 1. The van der Waals surface area contributed by atoms with Crippen LogP contribution in [0.1, 0.15) is 44.2 Å². The number of carbonyl (C=O) groups is 1. The number of furan rings is 1. The first-order chi connectivity index (χ1) is 14.2. The van der Waals surface area contributed by atoms with Crippen LogP contribution in [0.2, 0.25) is 0 Å². The highest BCUT2D eigenvalue weighted by atomic mass is 16.6. The Labute approximate surface area is 172 Å². The molecule has 0 atom stereocenters. The van der Waals surface area contributed by atoms with Crippen molar-refractivity contribution in [1.82, 2.24) is 9.99 Å². The summed E-state index contributed by atoms with van der Waals surface area (Å²) in [6, 6.07) is 9.29. The highest BCUT2D eigenvalue weighted by Gasteiger charge is 2.20. The fourth-order valence-corrected chi connectivity index (χ4v) is 3.09. The Morgan fingerprint density at radius 2 is 1.93 bits per heavy atom. The third-order valence-corrected chi connectivity index (χ3v) is 4.86. The largest absolute Gasteiger partial charge is 0.443 e. The average molecular weight is 405 g/mol. The van der Waals surface area contributed by atoms with Gasteiger partial charge in [-0.3, -0.25) is 19.5 Å². The fraction of sp³-hybridized carbons (Fsp3) is 0.190. The first-order valence-electron chi connectivity index (χ1n) is 9.01. The van der Waals surface area contributed by atoms with Crippen molar-refractivity contribution in [3.8, 4) is 12.0 Å². The molecule has 0 aliphatic heterocycles. The minimum Gasteiger partial charge on any atom is -0.443 e. The number of aryl methyl sites for hydroxylation is 2. The smallest absolute Gasteiger partial charge is 0.271 e. The van der Waals surface area contributed by atoms with Crippen LogP contribution in [0.25, 0.3) is 5.88 Å². The van der Waals surface area contributed by atoms with Crippen molar-refractivity contribution in [3.63, 3.8) is 0 Å². The number of hydrogen-bond donors (Lipinski definition) is 1. The number of hydrogen-bond acceptors (Lipinski definition) is 6. The molecule has 1 amide bonds. The van der Waals surface area contributed by atoms with Crippen LogP contribution >= 0.6 is 0 Å². The lowest BCUT2D eigenvalue weighted by atomic mass is 10.2. The van der Waals surface area contributed by atoms with Crippen molar-refractivity contribution < 1.29 is 14.1 Å². The molecule has 9 nitrogen and oxygen atoms in total. The van der Waals surface area contributed by atoms with Crippen molar-refractivity contribution in [2.45, 2.75) is 27.7 Å². The highest BCUT2D eigenvalue weighted by Crippen LogP contribution is 2.28. The summed E-state index contributed by atoms with van der Waals surface area (Å²) in [4.78, 5) is 22.3. The zero-order valence-electron chi connectivity index (χ0n) is 16.9. The minimum atomic E-state index is -0.532. The summed E-state index contributed by atoms with van der Waals surface area (Å²) in [5, 5.41) is 24.2. The molecule has 0 aliphatic carbocycles. The average Bonchev–Trinajstić information content (AvgIpc) is 3.16. The third-order valence-electron chi connectivity index (χ3n) is 4.86.